The summed E-state index contributed by atoms with van der Waals surface area (Å²) in [5, 5.41) is 7.28. The lowest BCUT2D eigenvalue weighted by Gasteiger charge is -2.06. The van der Waals surface area contributed by atoms with E-state index in [9.17, 15) is 4.79 Å². The molecule has 0 aliphatic heterocycles. The maximum atomic E-state index is 12.0. The first kappa shape index (κ1) is 13.3. The van der Waals surface area contributed by atoms with E-state index < -0.39 is 0 Å². The van der Waals surface area contributed by atoms with Crippen LogP contribution in [0, 0.1) is 20.8 Å². The first-order valence-corrected chi connectivity index (χ1v) is 6.33. The number of rotatable bonds is 3. The van der Waals surface area contributed by atoms with Crippen molar-refractivity contribution < 1.29 is 4.79 Å². The van der Waals surface area contributed by atoms with Crippen molar-refractivity contribution in [2.45, 2.75) is 27.3 Å². The molecule has 19 heavy (non-hydrogen) atoms. The van der Waals surface area contributed by atoms with Crippen LogP contribution in [0.4, 0.5) is 0 Å². The Morgan fingerprint density at radius 3 is 2.37 bits per heavy atom. The van der Waals surface area contributed by atoms with Gasteiger partial charge in [0.05, 0.1) is 5.69 Å². The second-order valence-electron chi connectivity index (χ2n) is 4.82. The van der Waals surface area contributed by atoms with Gasteiger partial charge in [0.15, 0.2) is 0 Å². The molecule has 1 aromatic heterocycles. The molecule has 4 heteroatoms. The van der Waals surface area contributed by atoms with Gasteiger partial charge in [-0.3, -0.25) is 9.48 Å². The molecule has 0 radical (unpaired) electrons. The molecule has 2 aromatic rings. The van der Waals surface area contributed by atoms with Crippen molar-refractivity contribution in [3.8, 4) is 0 Å². The third-order valence-corrected chi connectivity index (χ3v) is 3.40. The molecule has 0 aliphatic rings. The molecule has 0 spiro atoms. The molecule has 100 valence electrons. The third-order valence-electron chi connectivity index (χ3n) is 3.40. The van der Waals surface area contributed by atoms with Crippen molar-refractivity contribution in [2.75, 3.05) is 0 Å². The lowest BCUT2D eigenvalue weighted by Crippen LogP contribution is -2.23. The fourth-order valence-corrected chi connectivity index (χ4v) is 2.05. The molecule has 0 bridgehead atoms. The second-order valence-corrected chi connectivity index (χ2v) is 4.82. The molecule has 0 saturated carbocycles. The number of benzene rings is 1. The molecule has 2 rings (SSSR count). The highest BCUT2D eigenvalue weighted by Gasteiger charge is 2.11. The predicted molar refractivity (Wildman–Crippen MR) is 75.0 cm³/mol. The molecule has 1 heterocycles. The van der Waals surface area contributed by atoms with E-state index in [0.29, 0.717) is 12.1 Å². The van der Waals surface area contributed by atoms with Gasteiger partial charge in [-0.2, -0.15) is 5.10 Å². The summed E-state index contributed by atoms with van der Waals surface area (Å²) in [6, 6.07) is 7.56. The Morgan fingerprint density at radius 2 is 1.84 bits per heavy atom. The number of carbonyl (C=O) groups is 1. The maximum Gasteiger partial charge on any atom is 0.251 e. The number of hydrogen-bond acceptors (Lipinski definition) is 2. The number of hydrogen-bond donors (Lipinski definition) is 1. The van der Waals surface area contributed by atoms with E-state index in [1.54, 1.807) is 0 Å². The highest BCUT2D eigenvalue weighted by molar-refractivity contribution is 5.94. The summed E-state index contributed by atoms with van der Waals surface area (Å²) in [5.74, 6) is -0.0531. The Kier molecular flexibility index (Phi) is 3.69. The summed E-state index contributed by atoms with van der Waals surface area (Å²) in [4.78, 5) is 12.0. The van der Waals surface area contributed by atoms with Gasteiger partial charge >= 0.3 is 0 Å². The molecule has 0 aliphatic carbocycles. The molecule has 1 aromatic carbocycles. The first-order valence-electron chi connectivity index (χ1n) is 6.33. The standard InChI is InChI=1S/C15H19N3O/c1-10-5-7-13(8-6-10)15(19)16-9-14-11(2)17-18(4)12(14)3/h5-8H,9H2,1-4H3,(H,16,19). The maximum absolute atomic E-state index is 12.0. The second kappa shape index (κ2) is 5.26. The van der Waals surface area contributed by atoms with Gasteiger partial charge in [-0.15, -0.1) is 0 Å². The largest absolute Gasteiger partial charge is 0.348 e. The van der Waals surface area contributed by atoms with Crippen molar-refractivity contribution in [1.82, 2.24) is 15.1 Å². The van der Waals surface area contributed by atoms with Gasteiger partial charge < -0.3 is 5.32 Å². The van der Waals surface area contributed by atoms with Crippen LogP contribution in [0.15, 0.2) is 24.3 Å². The molecule has 0 atom stereocenters. The van der Waals surface area contributed by atoms with Crippen LogP contribution < -0.4 is 5.32 Å². The van der Waals surface area contributed by atoms with Crippen LogP contribution >= 0.6 is 0 Å². The van der Waals surface area contributed by atoms with E-state index in [4.69, 9.17) is 0 Å². The highest BCUT2D eigenvalue weighted by Crippen LogP contribution is 2.11. The minimum Gasteiger partial charge on any atom is -0.348 e. The monoisotopic (exact) mass is 257 g/mol. The van der Waals surface area contributed by atoms with Crippen molar-refractivity contribution in [3.63, 3.8) is 0 Å². The fraction of sp³-hybridized carbons (Fsp3) is 0.333. The van der Waals surface area contributed by atoms with Crippen molar-refractivity contribution in [1.29, 1.82) is 0 Å². The summed E-state index contributed by atoms with van der Waals surface area (Å²) in [7, 11) is 1.91. The number of aryl methyl sites for hydroxylation is 3. The van der Waals surface area contributed by atoms with Crippen molar-refractivity contribution in [3.05, 3.63) is 52.3 Å². The molecular weight excluding hydrogens is 238 g/mol. The normalized spacial score (nSPS) is 10.5. The van der Waals surface area contributed by atoms with E-state index in [2.05, 4.69) is 10.4 Å². The molecule has 4 nitrogen and oxygen atoms in total. The summed E-state index contributed by atoms with van der Waals surface area (Å²) in [6.45, 7) is 6.48. The van der Waals surface area contributed by atoms with E-state index in [1.807, 2.05) is 56.8 Å². The SMILES string of the molecule is Cc1ccc(C(=O)NCc2c(C)nn(C)c2C)cc1. The Balaban J connectivity index is 2.06. The lowest BCUT2D eigenvalue weighted by molar-refractivity contribution is 0.0951. The first-order chi connectivity index (χ1) is 8.99. The Bertz CT molecular complexity index is 597. The van der Waals surface area contributed by atoms with Gasteiger partial charge in [0, 0.05) is 30.4 Å². The zero-order valence-electron chi connectivity index (χ0n) is 11.8. The van der Waals surface area contributed by atoms with E-state index >= 15 is 0 Å². The van der Waals surface area contributed by atoms with E-state index in [1.165, 1.54) is 0 Å². The van der Waals surface area contributed by atoms with E-state index in [0.717, 1.165) is 22.5 Å². The number of nitrogens with zero attached hydrogens (tertiary/aromatic N) is 2. The third kappa shape index (κ3) is 2.84. The molecule has 0 unspecified atom stereocenters. The molecule has 1 amide bonds. The van der Waals surface area contributed by atoms with Gasteiger partial charge in [0.1, 0.15) is 0 Å². The van der Waals surface area contributed by atoms with Crippen molar-refractivity contribution in [2.24, 2.45) is 7.05 Å². The zero-order chi connectivity index (χ0) is 14.0. The molecule has 1 N–H and O–H groups in total. The number of nitrogens with one attached hydrogen (secondary N) is 1. The Morgan fingerprint density at radius 1 is 1.21 bits per heavy atom. The molecule has 0 fully saturated rings. The summed E-state index contributed by atoms with van der Waals surface area (Å²) in [6.07, 6.45) is 0. The van der Waals surface area contributed by atoms with Gasteiger partial charge in [-0.05, 0) is 32.9 Å². The van der Waals surface area contributed by atoms with Crippen molar-refractivity contribution >= 4 is 5.91 Å². The van der Waals surface area contributed by atoms with Gasteiger partial charge in [-0.1, -0.05) is 17.7 Å². The number of aromatic nitrogens is 2. The van der Waals surface area contributed by atoms with Gasteiger partial charge in [-0.25, -0.2) is 0 Å². The highest BCUT2D eigenvalue weighted by atomic mass is 16.1. The minimum absolute atomic E-state index is 0.0531. The molecule has 0 saturated heterocycles. The van der Waals surface area contributed by atoms with Crippen LogP contribution in [0.25, 0.3) is 0 Å². The summed E-state index contributed by atoms with van der Waals surface area (Å²) >= 11 is 0. The topological polar surface area (TPSA) is 46.9 Å². The Labute approximate surface area is 113 Å². The summed E-state index contributed by atoms with van der Waals surface area (Å²) in [5.41, 5.74) is 4.97. The quantitative estimate of drug-likeness (QED) is 0.917. The van der Waals surface area contributed by atoms with Crippen LogP contribution in [-0.4, -0.2) is 15.7 Å². The lowest BCUT2D eigenvalue weighted by atomic mass is 10.1. The van der Waals surface area contributed by atoms with Crippen LogP contribution in [0.3, 0.4) is 0 Å². The fourth-order valence-electron chi connectivity index (χ4n) is 2.05. The molecular formula is C15H19N3O. The van der Waals surface area contributed by atoms with Crippen LogP contribution in [0.5, 0.6) is 0 Å². The van der Waals surface area contributed by atoms with Crippen LogP contribution in [0.2, 0.25) is 0 Å². The minimum atomic E-state index is -0.0531. The summed E-state index contributed by atoms with van der Waals surface area (Å²) < 4.78 is 1.84. The Hall–Kier alpha value is -2.10. The van der Waals surface area contributed by atoms with E-state index in [-0.39, 0.29) is 5.91 Å². The van der Waals surface area contributed by atoms with Crippen LogP contribution in [0.1, 0.15) is 32.9 Å². The smallest absolute Gasteiger partial charge is 0.251 e. The number of amides is 1. The average Bonchev–Trinajstić information content (AvgIpc) is 2.62. The zero-order valence-corrected chi connectivity index (χ0v) is 11.8. The number of carbonyl (C=O) groups excluding carboxylic acids is 1. The predicted octanol–water partition coefficient (Wildman–Crippen LogP) is 2.28. The van der Waals surface area contributed by atoms with Crippen LogP contribution in [-0.2, 0) is 13.6 Å². The van der Waals surface area contributed by atoms with Gasteiger partial charge in [0.25, 0.3) is 5.91 Å². The average molecular weight is 257 g/mol. The van der Waals surface area contributed by atoms with Gasteiger partial charge in [0.2, 0.25) is 0 Å².